The second-order valence-corrected chi connectivity index (χ2v) is 8.37. The van der Waals surface area contributed by atoms with E-state index >= 15 is 0 Å². The molecule has 0 bridgehead atoms. The van der Waals surface area contributed by atoms with Crippen molar-refractivity contribution in [1.82, 2.24) is 25.3 Å². The number of fused-ring (bicyclic) bond motifs is 1. The van der Waals surface area contributed by atoms with E-state index in [1.807, 2.05) is 32.0 Å². The van der Waals surface area contributed by atoms with Gasteiger partial charge in [0.2, 0.25) is 0 Å². The van der Waals surface area contributed by atoms with Crippen LogP contribution in [0.3, 0.4) is 0 Å². The lowest BCUT2D eigenvalue weighted by molar-refractivity contribution is -0.164. The van der Waals surface area contributed by atoms with Gasteiger partial charge in [-0.2, -0.15) is 23.4 Å². The molecule has 1 atom stereocenters. The molecule has 2 aromatic heterocycles. The number of carbonyl (C=O) groups is 1. The summed E-state index contributed by atoms with van der Waals surface area (Å²) in [5, 5.41) is 12.8. The molecule has 4 N–H and O–H groups in total. The highest BCUT2D eigenvalue weighted by molar-refractivity contribution is 5.99. The van der Waals surface area contributed by atoms with Crippen molar-refractivity contribution in [3.8, 4) is 11.3 Å². The maximum Gasteiger partial charge on any atom is 0.410 e. The average Bonchev–Trinajstić information content (AvgIpc) is 3.22. The maximum absolute atomic E-state index is 13.4. The number of rotatable bonds is 5. The number of nitrogens with two attached hydrogens (primary N) is 1. The highest BCUT2D eigenvalue weighted by Gasteiger charge is 2.40. The zero-order valence-electron chi connectivity index (χ0n) is 19.2. The van der Waals surface area contributed by atoms with Gasteiger partial charge in [0.25, 0.3) is 11.5 Å². The van der Waals surface area contributed by atoms with Gasteiger partial charge in [0.05, 0.1) is 5.39 Å². The van der Waals surface area contributed by atoms with Gasteiger partial charge in [0.1, 0.15) is 17.3 Å². The molecule has 0 aliphatic heterocycles. The minimum absolute atomic E-state index is 0.0424. The van der Waals surface area contributed by atoms with Gasteiger partial charge in [-0.15, -0.1) is 0 Å². The van der Waals surface area contributed by atoms with Crippen molar-refractivity contribution < 1.29 is 18.0 Å². The van der Waals surface area contributed by atoms with Crippen LogP contribution in [0.5, 0.6) is 0 Å². The molecule has 1 amide bonds. The number of carbonyl (C=O) groups excluding carboxylic acids is 1. The summed E-state index contributed by atoms with van der Waals surface area (Å²) in [4.78, 5) is 24.9. The molecule has 0 unspecified atom stereocenters. The molecular formula is C24H23F3N6O2. The summed E-state index contributed by atoms with van der Waals surface area (Å²) in [7, 11) is 0. The standard InChI is InChI=1S/C24H23F3N6O2/c1-12-4-5-13(2)17(10-12)22(34)29-11-15-6-8-16(9-7-15)19-18-20(23(35)31-30-21(18)28)33(32-19)14(3)24(25,26)27/h4-10,14H,11H2,1-3H3,(H2,28,30)(H,29,34)(H,31,35)/t14-/m1/s1. The molecule has 35 heavy (non-hydrogen) atoms. The number of aromatic nitrogens is 4. The van der Waals surface area contributed by atoms with Crippen LogP contribution in [0.25, 0.3) is 22.2 Å². The summed E-state index contributed by atoms with van der Waals surface area (Å²) in [6, 6.07) is 10.3. The van der Waals surface area contributed by atoms with Gasteiger partial charge < -0.3 is 11.1 Å². The van der Waals surface area contributed by atoms with Crippen molar-refractivity contribution in [3.63, 3.8) is 0 Å². The Bertz CT molecular complexity index is 1470. The number of hydrogen-bond donors (Lipinski definition) is 3. The molecule has 0 aliphatic carbocycles. The first kappa shape index (κ1) is 24.0. The first-order valence-corrected chi connectivity index (χ1v) is 10.7. The van der Waals surface area contributed by atoms with Crippen LogP contribution in [0.4, 0.5) is 19.0 Å². The van der Waals surface area contributed by atoms with Gasteiger partial charge in [0, 0.05) is 17.7 Å². The number of aryl methyl sites for hydroxylation is 2. The van der Waals surface area contributed by atoms with Gasteiger partial charge in [-0.05, 0) is 38.0 Å². The molecule has 0 fully saturated rings. The van der Waals surface area contributed by atoms with E-state index in [2.05, 4.69) is 20.6 Å². The number of amides is 1. The molecule has 8 nitrogen and oxygen atoms in total. The Labute approximate surface area is 198 Å². The lowest BCUT2D eigenvalue weighted by atomic mass is 10.0. The third-order valence-corrected chi connectivity index (χ3v) is 5.82. The molecule has 2 heterocycles. The van der Waals surface area contributed by atoms with Gasteiger partial charge >= 0.3 is 6.18 Å². The molecule has 4 aromatic rings. The monoisotopic (exact) mass is 484 g/mol. The number of nitrogens with zero attached hydrogens (tertiary/aromatic N) is 3. The Morgan fingerprint density at radius 3 is 2.51 bits per heavy atom. The van der Waals surface area contributed by atoms with E-state index in [0.29, 0.717) is 15.8 Å². The first-order valence-electron chi connectivity index (χ1n) is 10.7. The van der Waals surface area contributed by atoms with Crippen molar-refractivity contribution in [2.45, 2.75) is 39.5 Å². The van der Waals surface area contributed by atoms with E-state index in [0.717, 1.165) is 23.6 Å². The molecule has 0 aliphatic rings. The summed E-state index contributed by atoms with van der Waals surface area (Å²) < 4.78 is 40.9. The zero-order valence-corrected chi connectivity index (χ0v) is 19.2. The van der Waals surface area contributed by atoms with Crippen LogP contribution in [0.2, 0.25) is 0 Å². The fourth-order valence-corrected chi connectivity index (χ4v) is 3.77. The number of H-pyrrole nitrogens is 1. The van der Waals surface area contributed by atoms with Crippen molar-refractivity contribution >= 4 is 22.6 Å². The van der Waals surface area contributed by atoms with E-state index in [9.17, 15) is 22.8 Å². The molecule has 0 radical (unpaired) electrons. The predicted molar refractivity (Wildman–Crippen MR) is 126 cm³/mol. The molecule has 0 saturated carbocycles. The van der Waals surface area contributed by atoms with Crippen molar-refractivity contribution in [2.75, 3.05) is 5.73 Å². The minimum atomic E-state index is -4.63. The summed E-state index contributed by atoms with van der Waals surface area (Å²) in [6.45, 7) is 4.92. The number of halogens is 3. The Kier molecular flexibility index (Phi) is 6.10. The van der Waals surface area contributed by atoms with E-state index in [-0.39, 0.29) is 34.9 Å². The average molecular weight is 484 g/mol. The highest BCUT2D eigenvalue weighted by atomic mass is 19.4. The maximum atomic E-state index is 13.4. The third kappa shape index (κ3) is 4.61. The minimum Gasteiger partial charge on any atom is -0.382 e. The fraction of sp³-hybridized carbons (Fsp3) is 0.250. The quantitative estimate of drug-likeness (QED) is 0.395. The number of hydrogen-bond acceptors (Lipinski definition) is 5. The molecule has 0 saturated heterocycles. The number of anilines is 1. The van der Waals surface area contributed by atoms with Gasteiger partial charge in [0.15, 0.2) is 5.82 Å². The van der Waals surface area contributed by atoms with Crippen molar-refractivity contribution in [3.05, 3.63) is 75.1 Å². The Morgan fingerprint density at radius 2 is 1.86 bits per heavy atom. The Balaban J connectivity index is 1.64. The molecule has 11 heteroatoms. The number of nitrogen functional groups attached to an aromatic ring is 1. The van der Waals surface area contributed by atoms with Gasteiger partial charge in [-0.1, -0.05) is 42.0 Å². The van der Waals surface area contributed by atoms with E-state index in [1.165, 1.54) is 0 Å². The smallest absolute Gasteiger partial charge is 0.382 e. The number of alkyl halides is 3. The van der Waals surface area contributed by atoms with Gasteiger partial charge in [-0.25, -0.2) is 9.78 Å². The van der Waals surface area contributed by atoms with E-state index < -0.39 is 17.8 Å². The van der Waals surface area contributed by atoms with Crippen LogP contribution in [0, 0.1) is 13.8 Å². The van der Waals surface area contributed by atoms with Crippen LogP contribution in [0.15, 0.2) is 47.3 Å². The SMILES string of the molecule is Cc1ccc(C)c(C(=O)NCc2ccc(-c3nn([C@H](C)C(F)(F)F)c4c(=O)[nH]nc(N)c34)cc2)c1. The lowest BCUT2D eigenvalue weighted by Gasteiger charge is -2.16. The molecular weight excluding hydrogens is 461 g/mol. The van der Waals surface area contributed by atoms with Crippen molar-refractivity contribution in [1.29, 1.82) is 0 Å². The summed E-state index contributed by atoms with van der Waals surface area (Å²) in [6.07, 6.45) is -4.63. The topological polar surface area (TPSA) is 119 Å². The highest BCUT2D eigenvalue weighted by Crippen LogP contribution is 2.36. The first-order chi connectivity index (χ1) is 16.5. The molecule has 2 aromatic carbocycles. The van der Waals surface area contributed by atoms with Crippen molar-refractivity contribution in [2.24, 2.45) is 0 Å². The Morgan fingerprint density at radius 1 is 1.17 bits per heavy atom. The lowest BCUT2D eigenvalue weighted by Crippen LogP contribution is -2.27. The number of nitrogens with one attached hydrogen (secondary N) is 2. The zero-order chi connectivity index (χ0) is 25.5. The van der Waals surface area contributed by atoms with E-state index in [1.54, 1.807) is 24.3 Å². The molecule has 4 rings (SSSR count). The van der Waals surface area contributed by atoms with Crippen LogP contribution < -0.4 is 16.6 Å². The predicted octanol–water partition coefficient (Wildman–Crippen LogP) is 4.04. The second-order valence-electron chi connectivity index (χ2n) is 8.37. The summed E-state index contributed by atoms with van der Waals surface area (Å²) in [5.41, 5.74) is 8.54. The summed E-state index contributed by atoms with van der Waals surface area (Å²) in [5.74, 6) is -0.348. The number of benzene rings is 2. The van der Waals surface area contributed by atoms with Crippen LogP contribution in [-0.2, 0) is 6.54 Å². The fourth-order valence-electron chi connectivity index (χ4n) is 3.77. The second kappa shape index (κ2) is 8.90. The van der Waals surface area contributed by atoms with Crippen LogP contribution in [-0.4, -0.2) is 32.1 Å². The van der Waals surface area contributed by atoms with Crippen LogP contribution in [0.1, 0.15) is 40.0 Å². The van der Waals surface area contributed by atoms with Gasteiger partial charge in [-0.3, -0.25) is 9.59 Å². The number of aromatic amines is 1. The molecule has 0 spiro atoms. The molecule has 182 valence electrons. The normalized spacial score (nSPS) is 12.6. The summed E-state index contributed by atoms with van der Waals surface area (Å²) >= 11 is 0. The van der Waals surface area contributed by atoms with Crippen LogP contribution >= 0.6 is 0 Å². The van der Waals surface area contributed by atoms with E-state index in [4.69, 9.17) is 5.73 Å². The largest absolute Gasteiger partial charge is 0.410 e. The Hall–Kier alpha value is -4.15. The third-order valence-electron chi connectivity index (χ3n) is 5.82.